The molecule has 0 fully saturated rings. The van der Waals surface area contributed by atoms with Crippen LogP contribution in [0.4, 0.5) is 10.1 Å². The molecule has 5 nitrogen and oxygen atoms in total. The maximum Gasteiger partial charge on any atom is 0.262 e. The highest BCUT2D eigenvalue weighted by Gasteiger charge is 2.19. The lowest BCUT2D eigenvalue weighted by atomic mass is 10.1. The Balaban J connectivity index is 1.71. The van der Waals surface area contributed by atoms with Crippen LogP contribution in [0.1, 0.15) is 27.0 Å². The van der Waals surface area contributed by atoms with E-state index in [0.29, 0.717) is 24.2 Å². The third kappa shape index (κ3) is 5.45. The fourth-order valence-corrected chi connectivity index (χ4v) is 4.27. The van der Waals surface area contributed by atoms with E-state index in [9.17, 15) is 17.6 Å². The molecule has 0 heterocycles. The first-order valence-electron chi connectivity index (χ1n) is 9.47. The van der Waals surface area contributed by atoms with Gasteiger partial charge in [-0.05, 0) is 67.8 Å². The second-order valence-electron chi connectivity index (χ2n) is 7.08. The van der Waals surface area contributed by atoms with E-state index >= 15 is 0 Å². The number of aryl methyl sites for hydroxylation is 2. The zero-order chi connectivity index (χ0) is 21.7. The molecule has 0 saturated carbocycles. The Labute approximate surface area is 176 Å². The molecule has 3 aromatic carbocycles. The molecule has 0 saturated heterocycles. The van der Waals surface area contributed by atoms with Gasteiger partial charge in [0.25, 0.3) is 15.9 Å². The van der Waals surface area contributed by atoms with E-state index in [4.69, 9.17) is 0 Å². The number of carbonyl (C=O) groups excluding carboxylic acids is 1. The summed E-state index contributed by atoms with van der Waals surface area (Å²) in [6.07, 6.45) is 0.540. The van der Waals surface area contributed by atoms with Crippen LogP contribution >= 0.6 is 0 Å². The van der Waals surface area contributed by atoms with Gasteiger partial charge in [0.15, 0.2) is 0 Å². The average molecular weight is 427 g/mol. The van der Waals surface area contributed by atoms with E-state index in [1.165, 1.54) is 18.2 Å². The Kier molecular flexibility index (Phi) is 6.52. The number of amides is 1. The average Bonchev–Trinajstić information content (AvgIpc) is 2.71. The quantitative estimate of drug-likeness (QED) is 0.594. The number of carbonyl (C=O) groups is 1. The van der Waals surface area contributed by atoms with Crippen molar-refractivity contribution < 1.29 is 17.6 Å². The fraction of sp³-hybridized carbons (Fsp3) is 0.174. The molecule has 0 spiro atoms. The highest BCUT2D eigenvalue weighted by molar-refractivity contribution is 7.92. The highest BCUT2D eigenvalue weighted by Crippen LogP contribution is 2.21. The van der Waals surface area contributed by atoms with Gasteiger partial charge in [0.05, 0.1) is 4.90 Å². The summed E-state index contributed by atoms with van der Waals surface area (Å²) in [5.74, 6) is -0.681. The van der Waals surface area contributed by atoms with Crippen molar-refractivity contribution in [3.63, 3.8) is 0 Å². The van der Waals surface area contributed by atoms with Crippen molar-refractivity contribution in [2.24, 2.45) is 0 Å². The molecule has 7 heteroatoms. The van der Waals surface area contributed by atoms with Crippen LogP contribution in [0.2, 0.25) is 0 Å². The molecule has 2 N–H and O–H groups in total. The van der Waals surface area contributed by atoms with Crippen LogP contribution in [0.5, 0.6) is 0 Å². The van der Waals surface area contributed by atoms with Crippen molar-refractivity contribution in [1.82, 2.24) is 5.32 Å². The third-order valence-corrected chi connectivity index (χ3v) is 6.18. The van der Waals surface area contributed by atoms with Crippen molar-refractivity contribution in [3.8, 4) is 0 Å². The second kappa shape index (κ2) is 9.09. The monoisotopic (exact) mass is 426 g/mol. The number of nitrogens with one attached hydrogen (secondary N) is 2. The summed E-state index contributed by atoms with van der Waals surface area (Å²) in [7, 11) is -3.85. The Morgan fingerprint density at radius 1 is 0.933 bits per heavy atom. The predicted molar refractivity (Wildman–Crippen MR) is 116 cm³/mol. The number of benzene rings is 3. The molecular weight excluding hydrogens is 403 g/mol. The number of hydrogen-bond donors (Lipinski definition) is 2. The van der Waals surface area contributed by atoms with E-state index in [1.54, 1.807) is 43.3 Å². The first-order valence-corrected chi connectivity index (χ1v) is 11.0. The molecule has 0 unspecified atom stereocenters. The van der Waals surface area contributed by atoms with Crippen LogP contribution in [0.25, 0.3) is 0 Å². The number of rotatable bonds is 7. The summed E-state index contributed by atoms with van der Waals surface area (Å²) >= 11 is 0. The summed E-state index contributed by atoms with van der Waals surface area (Å²) < 4.78 is 41.2. The molecule has 0 aliphatic carbocycles. The zero-order valence-electron chi connectivity index (χ0n) is 16.8. The lowest BCUT2D eigenvalue weighted by Gasteiger charge is -2.12. The van der Waals surface area contributed by atoms with Crippen molar-refractivity contribution in [1.29, 1.82) is 0 Å². The van der Waals surface area contributed by atoms with Crippen molar-refractivity contribution >= 4 is 21.6 Å². The zero-order valence-corrected chi connectivity index (χ0v) is 17.6. The van der Waals surface area contributed by atoms with Gasteiger partial charge < -0.3 is 5.32 Å². The van der Waals surface area contributed by atoms with Gasteiger partial charge in [-0.25, -0.2) is 12.8 Å². The molecule has 3 aromatic rings. The molecule has 156 valence electrons. The van der Waals surface area contributed by atoms with E-state index in [0.717, 1.165) is 11.1 Å². The van der Waals surface area contributed by atoms with E-state index in [-0.39, 0.29) is 22.2 Å². The summed E-state index contributed by atoms with van der Waals surface area (Å²) in [6, 6.07) is 17.6. The molecule has 1 amide bonds. The molecule has 0 aliphatic rings. The van der Waals surface area contributed by atoms with Gasteiger partial charge in [0, 0.05) is 17.8 Å². The van der Waals surface area contributed by atoms with Crippen molar-refractivity contribution in [3.05, 3.63) is 94.8 Å². The number of halogens is 1. The van der Waals surface area contributed by atoms with Gasteiger partial charge in [0.1, 0.15) is 5.82 Å². The first kappa shape index (κ1) is 21.5. The van der Waals surface area contributed by atoms with Gasteiger partial charge >= 0.3 is 0 Å². The molecule has 0 aromatic heterocycles. The molecule has 0 bridgehead atoms. The van der Waals surface area contributed by atoms with Gasteiger partial charge in [0.2, 0.25) is 0 Å². The maximum atomic E-state index is 13.0. The largest absolute Gasteiger partial charge is 0.352 e. The smallest absolute Gasteiger partial charge is 0.262 e. The summed E-state index contributed by atoms with van der Waals surface area (Å²) in [5, 5.41) is 2.77. The normalized spacial score (nSPS) is 11.2. The van der Waals surface area contributed by atoms with Crippen LogP contribution in [-0.2, 0) is 16.4 Å². The number of hydrogen-bond acceptors (Lipinski definition) is 3. The number of anilines is 1. The van der Waals surface area contributed by atoms with Crippen molar-refractivity contribution in [2.45, 2.75) is 25.2 Å². The van der Waals surface area contributed by atoms with Crippen LogP contribution in [0.15, 0.2) is 71.6 Å². The van der Waals surface area contributed by atoms with E-state index in [1.807, 2.05) is 19.1 Å². The van der Waals surface area contributed by atoms with Crippen LogP contribution < -0.4 is 10.0 Å². The summed E-state index contributed by atoms with van der Waals surface area (Å²) in [6.45, 7) is 3.95. The lowest BCUT2D eigenvalue weighted by Crippen LogP contribution is -2.26. The van der Waals surface area contributed by atoms with E-state index < -0.39 is 10.0 Å². The lowest BCUT2D eigenvalue weighted by molar-refractivity contribution is 0.0954. The Hall–Kier alpha value is -3.19. The Bertz CT molecular complexity index is 1140. The molecule has 0 aliphatic heterocycles. The Morgan fingerprint density at radius 3 is 2.27 bits per heavy atom. The molecular formula is C23H23FN2O3S. The standard InChI is InChI=1S/C23H23FN2O3S/c1-16-3-11-21(12-4-16)26-30(28,29)22-15-19(8-5-17(22)2)23(27)25-14-13-18-6-9-20(24)10-7-18/h3-12,15,26H,13-14H2,1-2H3,(H,25,27). The Morgan fingerprint density at radius 2 is 1.60 bits per heavy atom. The second-order valence-corrected chi connectivity index (χ2v) is 8.73. The van der Waals surface area contributed by atoms with Crippen LogP contribution in [-0.4, -0.2) is 20.9 Å². The van der Waals surface area contributed by atoms with Gasteiger partial charge in [-0.1, -0.05) is 35.9 Å². The SMILES string of the molecule is Cc1ccc(NS(=O)(=O)c2cc(C(=O)NCCc3ccc(F)cc3)ccc2C)cc1. The topological polar surface area (TPSA) is 75.3 Å². The molecule has 0 radical (unpaired) electrons. The molecule has 0 atom stereocenters. The van der Waals surface area contributed by atoms with Crippen LogP contribution in [0.3, 0.4) is 0 Å². The van der Waals surface area contributed by atoms with Crippen LogP contribution in [0, 0.1) is 19.7 Å². The minimum absolute atomic E-state index is 0.0502. The minimum Gasteiger partial charge on any atom is -0.352 e. The van der Waals surface area contributed by atoms with Gasteiger partial charge in [-0.15, -0.1) is 0 Å². The molecule has 30 heavy (non-hydrogen) atoms. The third-order valence-electron chi connectivity index (χ3n) is 4.66. The fourth-order valence-electron chi connectivity index (χ4n) is 2.94. The van der Waals surface area contributed by atoms with E-state index in [2.05, 4.69) is 10.0 Å². The predicted octanol–water partition coefficient (Wildman–Crippen LogP) is 4.22. The highest BCUT2D eigenvalue weighted by atomic mass is 32.2. The first-order chi connectivity index (χ1) is 14.2. The minimum atomic E-state index is -3.85. The van der Waals surface area contributed by atoms with Gasteiger partial charge in [-0.2, -0.15) is 0 Å². The van der Waals surface area contributed by atoms with Gasteiger partial charge in [-0.3, -0.25) is 9.52 Å². The summed E-state index contributed by atoms with van der Waals surface area (Å²) in [5.41, 5.74) is 3.16. The number of sulfonamides is 1. The molecule has 3 rings (SSSR count). The summed E-state index contributed by atoms with van der Waals surface area (Å²) in [4.78, 5) is 12.5. The maximum absolute atomic E-state index is 13.0. The van der Waals surface area contributed by atoms with Crippen molar-refractivity contribution in [2.75, 3.05) is 11.3 Å².